The van der Waals surface area contributed by atoms with Crippen LogP contribution < -0.4 is 10.9 Å². The quantitative estimate of drug-likeness (QED) is 0.537. The summed E-state index contributed by atoms with van der Waals surface area (Å²) < 4.78 is 0. The number of benzene rings is 1. The van der Waals surface area contributed by atoms with Crippen molar-refractivity contribution in [2.75, 3.05) is 5.73 Å². The van der Waals surface area contributed by atoms with E-state index >= 15 is 0 Å². The van der Waals surface area contributed by atoms with Crippen LogP contribution in [0.5, 0.6) is 0 Å². The molecule has 10 heavy (non-hydrogen) atoms. The molecule has 0 heterocycles. The van der Waals surface area contributed by atoms with E-state index in [2.05, 4.69) is 0 Å². The molecule has 0 aromatic heterocycles. The summed E-state index contributed by atoms with van der Waals surface area (Å²) >= 11 is 0. The van der Waals surface area contributed by atoms with Gasteiger partial charge in [-0.1, -0.05) is 6.07 Å². The highest BCUT2D eigenvalue weighted by Crippen LogP contribution is 2.12. The van der Waals surface area contributed by atoms with Crippen molar-refractivity contribution in [3.63, 3.8) is 0 Å². The zero-order valence-corrected chi connectivity index (χ0v) is 5.72. The number of rotatable bonds is 1. The summed E-state index contributed by atoms with van der Waals surface area (Å²) in [6, 6.07) is 5.11. The number of nitrogens with two attached hydrogens (primary N) is 1. The lowest BCUT2D eigenvalue weighted by Crippen LogP contribution is -2.55. The van der Waals surface area contributed by atoms with Crippen molar-refractivity contribution < 1.29 is 5.18 Å². The van der Waals surface area contributed by atoms with Crippen LogP contribution in [0, 0.1) is 11.8 Å². The normalized spacial score (nSPS) is 9.30. The van der Waals surface area contributed by atoms with Crippen LogP contribution in [0.4, 0.5) is 11.4 Å². The molecule has 0 aliphatic carbocycles. The third-order valence-corrected chi connectivity index (χ3v) is 1.40. The lowest BCUT2D eigenvalue weighted by atomic mass is 10.2. The van der Waals surface area contributed by atoms with Gasteiger partial charge in [0.05, 0.1) is 0 Å². The molecule has 0 bridgehead atoms. The van der Waals surface area contributed by atoms with Gasteiger partial charge in [0.2, 0.25) is 0 Å². The van der Waals surface area contributed by atoms with Crippen LogP contribution in [0.1, 0.15) is 5.56 Å². The molecule has 3 nitrogen and oxygen atoms in total. The third kappa shape index (κ3) is 1.13. The minimum atomic E-state index is 0.503. The lowest BCUT2D eigenvalue weighted by molar-refractivity contribution is -0.379. The minimum absolute atomic E-state index is 0.503. The van der Waals surface area contributed by atoms with E-state index < -0.39 is 0 Å². The van der Waals surface area contributed by atoms with Crippen molar-refractivity contribution in [3.8, 4) is 0 Å². The highest BCUT2D eigenvalue weighted by molar-refractivity contribution is 5.52. The Bertz CT molecular complexity index is 258. The topological polar surface area (TPSA) is 57.1 Å². The molecule has 0 aliphatic heterocycles. The van der Waals surface area contributed by atoms with Gasteiger partial charge in [0, 0.05) is 27.9 Å². The minimum Gasteiger partial charge on any atom is -0.398 e. The van der Waals surface area contributed by atoms with Crippen LogP contribution in [0.2, 0.25) is 0 Å². The number of aryl methyl sites for hydroxylation is 1. The van der Waals surface area contributed by atoms with Crippen molar-refractivity contribution >= 4 is 11.4 Å². The van der Waals surface area contributed by atoms with E-state index in [4.69, 9.17) is 5.73 Å². The summed E-state index contributed by atoms with van der Waals surface area (Å²) in [5.74, 6) is 0. The molecule has 3 N–H and O–H groups in total. The molecule has 0 aliphatic rings. The number of hydrogen-bond donors (Lipinski definition) is 2. The zero-order valence-electron chi connectivity index (χ0n) is 5.72. The monoisotopic (exact) mass is 137 g/mol. The molecule has 0 spiro atoms. The van der Waals surface area contributed by atoms with Gasteiger partial charge in [0.25, 0.3) is 5.69 Å². The summed E-state index contributed by atoms with van der Waals surface area (Å²) in [6.07, 6.45) is 0. The number of hydrogen-bond acceptors (Lipinski definition) is 2. The van der Waals surface area contributed by atoms with Gasteiger partial charge in [0.15, 0.2) is 0 Å². The van der Waals surface area contributed by atoms with Crippen LogP contribution in [-0.4, -0.2) is 0 Å². The number of nitroso groups, excluding NO2 is 1. The molecule has 0 saturated heterocycles. The van der Waals surface area contributed by atoms with Crippen molar-refractivity contribution in [3.05, 3.63) is 28.7 Å². The molecule has 0 atom stereocenters. The van der Waals surface area contributed by atoms with Gasteiger partial charge in [-0.25, -0.2) is 0 Å². The molecule has 1 rings (SSSR count). The fraction of sp³-hybridized carbons (Fsp3) is 0.143. The van der Waals surface area contributed by atoms with E-state index in [1.54, 1.807) is 23.4 Å². The molecule has 52 valence electrons. The van der Waals surface area contributed by atoms with Crippen LogP contribution in [0.3, 0.4) is 0 Å². The van der Waals surface area contributed by atoms with Crippen LogP contribution in [-0.2, 0) is 0 Å². The molecular formula is C7H9N2O+. The molecule has 0 fully saturated rings. The average Bonchev–Trinajstić information content (AvgIpc) is 1.95. The predicted molar refractivity (Wildman–Crippen MR) is 39.6 cm³/mol. The first-order valence-electron chi connectivity index (χ1n) is 2.98. The maximum absolute atomic E-state index is 10.1. The second-order valence-electron chi connectivity index (χ2n) is 2.17. The Balaban J connectivity index is 3.16. The summed E-state index contributed by atoms with van der Waals surface area (Å²) in [7, 11) is 0. The Morgan fingerprint density at radius 3 is 2.70 bits per heavy atom. The first-order valence-corrected chi connectivity index (χ1v) is 2.98. The van der Waals surface area contributed by atoms with Gasteiger partial charge in [-0.3, -0.25) is 0 Å². The Hall–Kier alpha value is -1.38. The highest BCUT2D eigenvalue weighted by Gasteiger charge is 1.99. The number of nitrogen functional groups attached to an aromatic ring is 1. The molecule has 0 unspecified atom stereocenters. The molecule has 3 heteroatoms. The van der Waals surface area contributed by atoms with E-state index in [0.717, 1.165) is 5.56 Å². The smallest absolute Gasteiger partial charge is 0.255 e. The molecule has 0 saturated carbocycles. The van der Waals surface area contributed by atoms with Crippen LogP contribution in [0.15, 0.2) is 18.2 Å². The molecular weight excluding hydrogens is 128 g/mol. The van der Waals surface area contributed by atoms with Gasteiger partial charge in [-0.15, -0.1) is 0 Å². The Morgan fingerprint density at radius 2 is 2.20 bits per heavy atom. The second kappa shape index (κ2) is 2.47. The number of anilines is 1. The molecule has 1 aromatic rings. The van der Waals surface area contributed by atoms with Crippen molar-refractivity contribution in [1.82, 2.24) is 0 Å². The fourth-order valence-electron chi connectivity index (χ4n) is 0.704. The van der Waals surface area contributed by atoms with Gasteiger partial charge in [-0.2, -0.15) is 0 Å². The highest BCUT2D eigenvalue weighted by atomic mass is 16.3. The second-order valence-corrected chi connectivity index (χ2v) is 2.17. The fourth-order valence-corrected chi connectivity index (χ4v) is 0.704. The Labute approximate surface area is 58.8 Å². The first-order chi connectivity index (χ1) is 4.74. The lowest BCUT2D eigenvalue weighted by Gasteiger charge is -1.94. The van der Waals surface area contributed by atoms with E-state index in [1.165, 1.54) is 0 Å². The maximum atomic E-state index is 10.1. The van der Waals surface area contributed by atoms with Gasteiger partial charge in [-0.05, 0) is 12.5 Å². The van der Waals surface area contributed by atoms with E-state index in [1.807, 2.05) is 6.92 Å². The summed E-state index contributed by atoms with van der Waals surface area (Å²) in [4.78, 5) is 10.1. The standard InChI is InChI=1S/C7H8N2O/c1-5-2-3-6(9-10)4-7(5)8/h2-4H,8H2,1H3/p+1. The Kier molecular flexibility index (Phi) is 1.67. The summed E-state index contributed by atoms with van der Waals surface area (Å²) in [5.41, 5.74) is 7.65. The molecule has 0 amide bonds. The van der Waals surface area contributed by atoms with Crippen molar-refractivity contribution in [2.45, 2.75) is 6.92 Å². The van der Waals surface area contributed by atoms with Gasteiger partial charge < -0.3 is 5.73 Å². The van der Waals surface area contributed by atoms with Gasteiger partial charge >= 0.3 is 0 Å². The van der Waals surface area contributed by atoms with Crippen molar-refractivity contribution in [1.29, 1.82) is 0 Å². The van der Waals surface area contributed by atoms with Crippen LogP contribution >= 0.6 is 0 Å². The summed E-state index contributed by atoms with van der Waals surface area (Å²) in [6.45, 7) is 1.89. The van der Waals surface area contributed by atoms with E-state index in [-0.39, 0.29) is 0 Å². The summed E-state index contributed by atoms with van der Waals surface area (Å²) in [5, 5.41) is 1.76. The van der Waals surface area contributed by atoms with Gasteiger partial charge in [0.1, 0.15) is 0 Å². The molecule has 1 aromatic carbocycles. The van der Waals surface area contributed by atoms with Crippen molar-refractivity contribution in [2.24, 2.45) is 0 Å². The number of nitrogens with one attached hydrogen (secondary N) is 1. The largest absolute Gasteiger partial charge is 0.398 e. The van der Waals surface area contributed by atoms with E-state index in [0.29, 0.717) is 11.4 Å². The average molecular weight is 137 g/mol. The first kappa shape index (κ1) is 6.74. The maximum Gasteiger partial charge on any atom is 0.255 e. The zero-order chi connectivity index (χ0) is 7.56. The SMILES string of the molecule is Cc1ccc([NH+]=O)cc1N. The molecule has 0 radical (unpaired) electrons. The predicted octanol–water partition coefficient (Wildman–Crippen LogP) is 0.0557. The van der Waals surface area contributed by atoms with Crippen LogP contribution in [0.25, 0.3) is 0 Å². The third-order valence-electron chi connectivity index (χ3n) is 1.40. The Morgan fingerprint density at radius 1 is 1.50 bits per heavy atom. The van der Waals surface area contributed by atoms with E-state index in [9.17, 15) is 4.91 Å².